The minimum atomic E-state index is 0.422. The quantitative estimate of drug-likeness (QED) is 0.821. The van der Waals surface area contributed by atoms with Crippen molar-refractivity contribution in [2.45, 2.75) is 37.9 Å². The number of likely N-dealkylation sites (tertiary alicyclic amines) is 1. The number of benzene rings is 1. The highest BCUT2D eigenvalue weighted by atomic mass is 15.2. The van der Waals surface area contributed by atoms with Gasteiger partial charge < -0.3 is 5.73 Å². The number of hydrogen-bond donors (Lipinski definition) is 1. The van der Waals surface area contributed by atoms with E-state index in [0.29, 0.717) is 18.1 Å². The maximum atomic E-state index is 6.25. The van der Waals surface area contributed by atoms with Gasteiger partial charge in [0.05, 0.1) is 0 Å². The van der Waals surface area contributed by atoms with Crippen molar-refractivity contribution in [3.63, 3.8) is 0 Å². The SMILES string of the molecule is C[C@@H](c1ccccc1)N1C[C@H]2CC[C@@H]1[C@@H]2N. The third-order valence-corrected chi connectivity index (χ3v) is 4.47. The number of nitrogens with zero attached hydrogens (tertiary/aromatic N) is 1. The van der Waals surface area contributed by atoms with Crippen LogP contribution in [-0.4, -0.2) is 23.5 Å². The fraction of sp³-hybridized carbons (Fsp3) is 0.571. The lowest BCUT2D eigenvalue weighted by atomic mass is 10.0. The van der Waals surface area contributed by atoms with Crippen LogP contribution in [0.15, 0.2) is 30.3 Å². The number of nitrogens with two attached hydrogens (primary N) is 1. The summed E-state index contributed by atoms with van der Waals surface area (Å²) in [4.78, 5) is 2.61. The van der Waals surface area contributed by atoms with Crippen LogP contribution < -0.4 is 5.73 Å². The minimum absolute atomic E-state index is 0.422. The van der Waals surface area contributed by atoms with Crippen LogP contribution in [0.4, 0.5) is 0 Å². The van der Waals surface area contributed by atoms with Crippen molar-refractivity contribution in [3.8, 4) is 0 Å². The topological polar surface area (TPSA) is 29.3 Å². The van der Waals surface area contributed by atoms with Crippen molar-refractivity contribution in [1.29, 1.82) is 0 Å². The predicted molar refractivity (Wildman–Crippen MR) is 66.1 cm³/mol. The molecule has 0 spiro atoms. The van der Waals surface area contributed by atoms with Crippen molar-refractivity contribution in [2.75, 3.05) is 6.54 Å². The molecule has 86 valence electrons. The first-order valence-electron chi connectivity index (χ1n) is 6.33. The van der Waals surface area contributed by atoms with Gasteiger partial charge in [-0.2, -0.15) is 0 Å². The number of hydrogen-bond acceptors (Lipinski definition) is 2. The Kier molecular flexibility index (Phi) is 2.49. The van der Waals surface area contributed by atoms with Crippen LogP contribution in [0.2, 0.25) is 0 Å². The van der Waals surface area contributed by atoms with Crippen LogP contribution >= 0.6 is 0 Å². The Hall–Kier alpha value is -0.860. The molecule has 2 aliphatic rings. The summed E-state index contributed by atoms with van der Waals surface area (Å²) in [5, 5.41) is 0. The van der Waals surface area contributed by atoms with Gasteiger partial charge in [-0.3, -0.25) is 4.90 Å². The molecule has 4 atom stereocenters. The highest BCUT2D eigenvalue weighted by Gasteiger charge is 2.46. The molecule has 3 rings (SSSR count). The molecule has 1 heterocycles. The number of rotatable bonds is 2. The van der Waals surface area contributed by atoms with Crippen LogP contribution in [0, 0.1) is 5.92 Å². The second-order valence-electron chi connectivity index (χ2n) is 5.27. The summed E-state index contributed by atoms with van der Waals surface area (Å²) < 4.78 is 0. The molecule has 0 unspecified atom stereocenters. The van der Waals surface area contributed by atoms with Crippen LogP contribution in [0.3, 0.4) is 0 Å². The molecule has 1 aliphatic heterocycles. The van der Waals surface area contributed by atoms with E-state index < -0.39 is 0 Å². The van der Waals surface area contributed by atoms with Gasteiger partial charge in [-0.1, -0.05) is 30.3 Å². The third kappa shape index (κ3) is 1.48. The molecule has 0 amide bonds. The first-order chi connectivity index (χ1) is 7.77. The minimum Gasteiger partial charge on any atom is -0.326 e. The standard InChI is InChI=1S/C14H20N2/c1-10(11-5-3-2-4-6-11)16-9-12-7-8-13(16)14(12)15/h2-6,10,12-14H,7-9,15H2,1H3/t10-,12+,13+,14+/m0/s1. The molecular weight excluding hydrogens is 196 g/mol. The zero-order valence-electron chi connectivity index (χ0n) is 9.84. The molecule has 2 bridgehead atoms. The van der Waals surface area contributed by atoms with Crippen molar-refractivity contribution in [1.82, 2.24) is 4.90 Å². The molecule has 1 aromatic rings. The maximum Gasteiger partial charge on any atom is 0.0323 e. The molecule has 0 aromatic heterocycles. The zero-order valence-corrected chi connectivity index (χ0v) is 9.84. The fourth-order valence-corrected chi connectivity index (χ4v) is 3.46. The molecule has 1 aromatic carbocycles. The van der Waals surface area contributed by atoms with Crippen molar-refractivity contribution in [2.24, 2.45) is 11.7 Å². The molecule has 16 heavy (non-hydrogen) atoms. The van der Waals surface area contributed by atoms with Gasteiger partial charge in [0.2, 0.25) is 0 Å². The molecular formula is C14H20N2. The molecule has 2 heteroatoms. The van der Waals surface area contributed by atoms with Crippen LogP contribution in [0.1, 0.15) is 31.4 Å². The van der Waals surface area contributed by atoms with Crippen LogP contribution in [0.25, 0.3) is 0 Å². The first kappa shape index (κ1) is 10.3. The lowest BCUT2D eigenvalue weighted by Gasteiger charge is -2.33. The summed E-state index contributed by atoms with van der Waals surface area (Å²) in [5.41, 5.74) is 7.67. The Bertz CT molecular complexity index is 362. The highest BCUT2D eigenvalue weighted by molar-refractivity contribution is 5.20. The van der Waals surface area contributed by atoms with E-state index in [2.05, 4.69) is 42.2 Å². The van der Waals surface area contributed by atoms with Gasteiger partial charge in [0.25, 0.3) is 0 Å². The van der Waals surface area contributed by atoms with E-state index >= 15 is 0 Å². The van der Waals surface area contributed by atoms with Gasteiger partial charge in [0.15, 0.2) is 0 Å². The van der Waals surface area contributed by atoms with Gasteiger partial charge in [0.1, 0.15) is 0 Å². The fourth-order valence-electron chi connectivity index (χ4n) is 3.46. The number of piperidine rings is 1. The van der Waals surface area contributed by atoms with Gasteiger partial charge in [-0.15, -0.1) is 0 Å². The van der Waals surface area contributed by atoms with E-state index in [1.807, 2.05) is 0 Å². The third-order valence-electron chi connectivity index (χ3n) is 4.47. The second kappa shape index (κ2) is 3.86. The average molecular weight is 216 g/mol. The van der Waals surface area contributed by atoms with Crippen LogP contribution in [-0.2, 0) is 0 Å². The Morgan fingerprint density at radius 3 is 2.56 bits per heavy atom. The summed E-state index contributed by atoms with van der Waals surface area (Å²) in [6.07, 6.45) is 2.63. The maximum absolute atomic E-state index is 6.25. The summed E-state index contributed by atoms with van der Waals surface area (Å²) in [5.74, 6) is 0.746. The summed E-state index contributed by atoms with van der Waals surface area (Å²) >= 11 is 0. The normalized spacial score (nSPS) is 35.5. The first-order valence-corrected chi connectivity index (χ1v) is 6.33. The van der Waals surface area contributed by atoms with Gasteiger partial charge in [-0.05, 0) is 31.2 Å². The summed E-state index contributed by atoms with van der Waals surface area (Å²) in [6.45, 7) is 3.50. The second-order valence-corrected chi connectivity index (χ2v) is 5.27. The van der Waals surface area contributed by atoms with E-state index in [0.717, 1.165) is 5.92 Å². The predicted octanol–water partition coefficient (Wildman–Crippen LogP) is 2.17. The summed E-state index contributed by atoms with van der Waals surface area (Å²) in [7, 11) is 0. The largest absolute Gasteiger partial charge is 0.326 e. The van der Waals surface area contributed by atoms with Crippen molar-refractivity contribution in [3.05, 3.63) is 35.9 Å². The average Bonchev–Trinajstić information content (AvgIpc) is 2.85. The van der Waals surface area contributed by atoms with Crippen molar-refractivity contribution < 1.29 is 0 Å². The van der Waals surface area contributed by atoms with E-state index in [-0.39, 0.29) is 0 Å². The molecule has 2 N–H and O–H groups in total. The molecule has 2 fully saturated rings. The number of fused-ring (bicyclic) bond motifs is 2. The van der Waals surface area contributed by atoms with Gasteiger partial charge in [0, 0.05) is 24.7 Å². The lowest BCUT2D eigenvalue weighted by molar-refractivity contribution is 0.158. The Morgan fingerprint density at radius 1 is 1.25 bits per heavy atom. The van der Waals surface area contributed by atoms with E-state index in [4.69, 9.17) is 5.73 Å². The van der Waals surface area contributed by atoms with Crippen molar-refractivity contribution >= 4 is 0 Å². The molecule has 0 radical (unpaired) electrons. The van der Waals surface area contributed by atoms with Gasteiger partial charge >= 0.3 is 0 Å². The highest BCUT2D eigenvalue weighted by Crippen LogP contribution is 2.41. The smallest absolute Gasteiger partial charge is 0.0323 e. The molecule has 2 nitrogen and oxygen atoms in total. The Labute approximate surface area is 97.4 Å². The lowest BCUT2D eigenvalue weighted by Crippen LogP contribution is -2.38. The Morgan fingerprint density at radius 2 is 2.00 bits per heavy atom. The molecule has 1 aliphatic carbocycles. The Balaban J connectivity index is 1.80. The summed E-state index contributed by atoms with van der Waals surface area (Å²) in [6, 6.07) is 12.3. The van der Waals surface area contributed by atoms with Gasteiger partial charge in [-0.25, -0.2) is 0 Å². The molecule has 1 saturated heterocycles. The van der Waals surface area contributed by atoms with Crippen LogP contribution in [0.5, 0.6) is 0 Å². The van der Waals surface area contributed by atoms with E-state index in [1.165, 1.54) is 24.9 Å². The zero-order chi connectivity index (χ0) is 11.1. The molecule has 1 saturated carbocycles. The van der Waals surface area contributed by atoms with E-state index in [1.54, 1.807) is 0 Å². The van der Waals surface area contributed by atoms with E-state index in [9.17, 15) is 0 Å². The monoisotopic (exact) mass is 216 g/mol.